The molecular formula is C28H30O8S. The maximum atomic E-state index is 13.0. The van der Waals surface area contributed by atoms with Gasteiger partial charge < -0.3 is 23.1 Å². The third-order valence-corrected chi connectivity index (χ3v) is 5.85. The molecule has 0 aliphatic rings. The summed E-state index contributed by atoms with van der Waals surface area (Å²) in [5, 5.41) is 0. The molecule has 0 unspecified atom stereocenters. The second kappa shape index (κ2) is 11.8. The summed E-state index contributed by atoms with van der Waals surface area (Å²) in [7, 11) is 0.599. The predicted octanol–water partition coefficient (Wildman–Crippen LogP) is 5.51. The number of hydrogen-bond acceptors (Lipinski definition) is 8. The summed E-state index contributed by atoms with van der Waals surface area (Å²) in [4.78, 5) is 13.0. The number of rotatable bonds is 10. The molecule has 3 aromatic rings. The van der Waals surface area contributed by atoms with E-state index in [1.54, 1.807) is 18.2 Å². The van der Waals surface area contributed by atoms with E-state index in [2.05, 4.69) is 0 Å². The monoisotopic (exact) mass is 526 g/mol. The predicted molar refractivity (Wildman–Crippen MR) is 142 cm³/mol. The first-order chi connectivity index (χ1) is 17.6. The molecule has 196 valence electrons. The number of carbonyl (C=O) groups excluding carboxylic acids is 1. The lowest BCUT2D eigenvalue weighted by Crippen LogP contribution is -2.09. The van der Waals surface area contributed by atoms with Gasteiger partial charge in [0.2, 0.25) is 0 Å². The van der Waals surface area contributed by atoms with E-state index in [1.807, 2.05) is 44.2 Å². The molecule has 3 aromatic carbocycles. The number of methoxy groups -OCH3 is 3. The van der Waals surface area contributed by atoms with E-state index in [4.69, 9.17) is 23.1 Å². The second-order valence-electron chi connectivity index (χ2n) is 8.33. The minimum absolute atomic E-state index is 0.161. The molecule has 0 fully saturated rings. The van der Waals surface area contributed by atoms with Gasteiger partial charge in [0.1, 0.15) is 35.2 Å². The lowest BCUT2D eigenvalue weighted by atomic mass is 9.92. The van der Waals surface area contributed by atoms with Crippen LogP contribution in [0.1, 0.15) is 24.2 Å². The van der Waals surface area contributed by atoms with Crippen LogP contribution in [0.15, 0.2) is 66.2 Å². The third-order valence-electron chi connectivity index (χ3n) is 5.35. The van der Waals surface area contributed by atoms with Gasteiger partial charge in [-0.25, -0.2) is 4.79 Å². The molecule has 0 bridgehead atoms. The molecule has 0 radical (unpaired) electrons. The quantitative estimate of drug-likeness (QED) is 0.194. The molecular weight excluding hydrogens is 496 g/mol. The van der Waals surface area contributed by atoms with E-state index in [0.29, 0.717) is 40.4 Å². The maximum absolute atomic E-state index is 13.0. The molecule has 0 N–H and O–H groups in total. The largest absolute Gasteiger partial charge is 0.496 e. The lowest BCUT2D eigenvalue weighted by Gasteiger charge is -2.20. The number of hydrogen-bond donors (Lipinski definition) is 0. The fourth-order valence-corrected chi connectivity index (χ4v) is 4.16. The van der Waals surface area contributed by atoms with Crippen molar-refractivity contribution in [3.8, 4) is 45.3 Å². The van der Waals surface area contributed by atoms with Crippen LogP contribution >= 0.6 is 0 Å². The summed E-state index contributed by atoms with van der Waals surface area (Å²) >= 11 is 0. The van der Waals surface area contributed by atoms with Crippen LogP contribution in [0, 0.1) is 0 Å². The van der Waals surface area contributed by atoms with Gasteiger partial charge >= 0.3 is 16.1 Å². The third kappa shape index (κ3) is 6.83. The lowest BCUT2D eigenvalue weighted by molar-refractivity contribution is 0.0597. The zero-order valence-electron chi connectivity index (χ0n) is 21.7. The van der Waals surface area contributed by atoms with Crippen molar-refractivity contribution in [1.29, 1.82) is 0 Å². The van der Waals surface area contributed by atoms with E-state index in [-0.39, 0.29) is 17.1 Å². The molecule has 0 amide bonds. The minimum Gasteiger partial charge on any atom is -0.496 e. The standard InChI is InChI=1S/C28H30O8S/c1-18(2)15-16-35-21-11-9-20(10-12-21)25-24(32-3)17-23(27(33-4)26(25)28(29)34-5)19-7-13-22(14-8-19)36-37(6,30)31/h7-15,17H,16H2,1-6H3. The first-order valence-corrected chi connectivity index (χ1v) is 13.1. The molecule has 0 saturated carbocycles. The van der Waals surface area contributed by atoms with Gasteiger partial charge in [-0.05, 0) is 61.4 Å². The Morgan fingerprint density at radius 1 is 0.865 bits per heavy atom. The molecule has 0 atom stereocenters. The van der Waals surface area contributed by atoms with Gasteiger partial charge in [-0.15, -0.1) is 0 Å². The van der Waals surface area contributed by atoms with Gasteiger partial charge in [-0.3, -0.25) is 0 Å². The van der Waals surface area contributed by atoms with Gasteiger partial charge in [-0.1, -0.05) is 29.8 Å². The molecule has 0 saturated heterocycles. The molecule has 0 aliphatic carbocycles. The summed E-state index contributed by atoms with van der Waals surface area (Å²) in [6.07, 6.45) is 2.95. The Bertz CT molecular complexity index is 1390. The Labute approximate surface area is 217 Å². The zero-order valence-corrected chi connectivity index (χ0v) is 22.5. The maximum Gasteiger partial charge on any atom is 0.342 e. The van der Waals surface area contributed by atoms with Crippen molar-refractivity contribution in [2.75, 3.05) is 34.2 Å². The van der Waals surface area contributed by atoms with E-state index < -0.39 is 16.1 Å². The van der Waals surface area contributed by atoms with Crippen molar-refractivity contribution >= 4 is 16.1 Å². The number of esters is 1. The van der Waals surface area contributed by atoms with Gasteiger partial charge in [-0.2, -0.15) is 8.42 Å². The highest BCUT2D eigenvalue weighted by molar-refractivity contribution is 7.86. The Morgan fingerprint density at radius 2 is 1.46 bits per heavy atom. The van der Waals surface area contributed by atoms with E-state index in [0.717, 1.165) is 11.8 Å². The van der Waals surface area contributed by atoms with Crippen LogP contribution in [0.25, 0.3) is 22.3 Å². The Hall–Kier alpha value is -3.98. The van der Waals surface area contributed by atoms with Gasteiger partial charge in [0.25, 0.3) is 0 Å². The highest BCUT2D eigenvalue weighted by Crippen LogP contribution is 2.46. The summed E-state index contributed by atoms with van der Waals surface area (Å²) in [5.74, 6) is 0.941. The van der Waals surface area contributed by atoms with Gasteiger partial charge in [0.05, 0.1) is 27.6 Å². The molecule has 0 spiro atoms. The molecule has 0 aliphatic heterocycles. The van der Waals surface area contributed by atoms with Crippen LogP contribution in [-0.4, -0.2) is 48.6 Å². The second-order valence-corrected chi connectivity index (χ2v) is 9.90. The van der Waals surface area contributed by atoms with E-state index in [1.165, 1.54) is 33.5 Å². The van der Waals surface area contributed by atoms with Crippen LogP contribution < -0.4 is 18.4 Å². The van der Waals surface area contributed by atoms with Crippen LogP contribution in [-0.2, 0) is 14.9 Å². The van der Waals surface area contributed by atoms with Crippen molar-refractivity contribution < 1.29 is 36.3 Å². The highest BCUT2D eigenvalue weighted by Gasteiger charge is 2.27. The van der Waals surface area contributed by atoms with Gasteiger partial charge in [0.15, 0.2) is 0 Å². The molecule has 0 aromatic heterocycles. The molecule has 37 heavy (non-hydrogen) atoms. The number of carbonyl (C=O) groups is 1. The Kier molecular flexibility index (Phi) is 8.83. The topological polar surface area (TPSA) is 97.4 Å². The summed E-state index contributed by atoms with van der Waals surface area (Å²) < 4.78 is 50.1. The summed E-state index contributed by atoms with van der Waals surface area (Å²) in [6, 6.07) is 15.4. The minimum atomic E-state index is -3.67. The van der Waals surface area contributed by atoms with Crippen LogP contribution in [0.4, 0.5) is 0 Å². The summed E-state index contributed by atoms with van der Waals surface area (Å²) in [6.45, 7) is 4.46. The SMILES string of the molecule is COC(=O)c1c(OC)c(-c2ccc(OS(C)(=O)=O)cc2)cc(OC)c1-c1ccc(OCC=C(C)C)cc1. The average Bonchev–Trinajstić information content (AvgIpc) is 2.86. The average molecular weight is 527 g/mol. The van der Waals surface area contributed by atoms with Gasteiger partial charge in [0, 0.05) is 11.1 Å². The van der Waals surface area contributed by atoms with E-state index >= 15 is 0 Å². The Balaban J connectivity index is 2.14. The van der Waals surface area contributed by atoms with Crippen molar-refractivity contribution in [3.63, 3.8) is 0 Å². The number of benzene rings is 3. The Morgan fingerprint density at radius 3 is 1.97 bits per heavy atom. The van der Waals surface area contributed by atoms with Crippen molar-refractivity contribution in [3.05, 3.63) is 71.8 Å². The van der Waals surface area contributed by atoms with Crippen molar-refractivity contribution in [2.24, 2.45) is 0 Å². The van der Waals surface area contributed by atoms with Crippen LogP contribution in [0.2, 0.25) is 0 Å². The van der Waals surface area contributed by atoms with Crippen LogP contribution in [0.3, 0.4) is 0 Å². The fourth-order valence-electron chi connectivity index (χ4n) is 3.70. The summed E-state index contributed by atoms with van der Waals surface area (Å²) in [5.41, 5.74) is 3.76. The first-order valence-electron chi connectivity index (χ1n) is 11.3. The van der Waals surface area contributed by atoms with E-state index in [9.17, 15) is 13.2 Å². The molecule has 3 rings (SSSR count). The van der Waals surface area contributed by atoms with Crippen molar-refractivity contribution in [2.45, 2.75) is 13.8 Å². The van der Waals surface area contributed by atoms with Crippen LogP contribution in [0.5, 0.6) is 23.0 Å². The highest BCUT2D eigenvalue weighted by atomic mass is 32.2. The number of allylic oxidation sites excluding steroid dienone is 1. The normalized spacial score (nSPS) is 10.9. The number of ether oxygens (including phenoxy) is 4. The van der Waals surface area contributed by atoms with Crippen molar-refractivity contribution in [1.82, 2.24) is 0 Å². The molecule has 8 nitrogen and oxygen atoms in total. The smallest absolute Gasteiger partial charge is 0.342 e. The molecule has 0 heterocycles. The first kappa shape index (κ1) is 27.6. The fraction of sp³-hybridized carbons (Fsp3) is 0.250. The zero-order chi connectivity index (χ0) is 27.2. The molecule has 9 heteroatoms.